The summed E-state index contributed by atoms with van der Waals surface area (Å²) in [5, 5.41) is 12.0. The molecule has 112 valence electrons. The molecule has 0 bridgehead atoms. The minimum absolute atomic E-state index is 0.0431. The molecule has 0 fully saturated rings. The molecule has 3 aromatic rings. The Morgan fingerprint density at radius 3 is 2.82 bits per heavy atom. The largest absolute Gasteiger partial charge is 0.484 e. The number of carbonyl (C=O) groups excluding carboxylic acids is 1. The van der Waals surface area contributed by atoms with Gasteiger partial charge in [0, 0.05) is 0 Å². The Balaban J connectivity index is 1.68. The molecule has 5 nitrogen and oxygen atoms in total. The summed E-state index contributed by atoms with van der Waals surface area (Å²) in [6.45, 7) is 1.83. The van der Waals surface area contributed by atoms with Crippen molar-refractivity contribution in [3.8, 4) is 16.3 Å². The number of ether oxygens (including phenoxy) is 1. The van der Waals surface area contributed by atoms with Crippen molar-refractivity contribution in [2.24, 2.45) is 0 Å². The van der Waals surface area contributed by atoms with Gasteiger partial charge in [-0.1, -0.05) is 24.3 Å². The van der Waals surface area contributed by atoms with E-state index in [-0.39, 0.29) is 12.5 Å². The third-order valence-electron chi connectivity index (χ3n) is 3.08. The van der Waals surface area contributed by atoms with E-state index in [1.165, 1.54) is 0 Å². The minimum atomic E-state index is -0.217. The Hall–Kier alpha value is -2.60. The summed E-state index contributed by atoms with van der Waals surface area (Å²) in [4.78, 5) is 13.1. The minimum Gasteiger partial charge on any atom is -0.484 e. The van der Waals surface area contributed by atoms with Gasteiger partial charge in [0.2, 0.25) is 0 Å². The number of nitrogens with zero attached hydrogens (tertiary/aromatic N) is 1. The molecule has 0 aliphatic heterocycles. The van der Waals surface area contributed by atoms with Crippen LogP contribution in [0, 0.1) is 6.92 Å². The molecule has 1 amide bonds. The standard InChI is InChI=1S/C16H15N3O2S/c1-11-15(16(19-18-11)13-8-5-9-22-13)17-14(20)10-21-12-6-3-2-4-7-12/h2-9H,10H2,1H3,(H,17,20)(H,18,19). The van der Waals surface area contributed by atoms with Crippen molar-refractivity contribution in [1.82, 2.24) is 10.2 Å². The highest BCUT2D eigenvalue weighted by Gasteiger charge is 2.15. The zero-order valence-electron chi connectivity index (χ0n) is 12.0. The van der Waals surface area contributed by atoms with Crippen LogP contribution in [-0.4, -0.2) is 22.7 Å². The first-order valence-corrected chi connectivity index (χ1v) is 7.68. The maximum atomic E-state index is 12.1. The molecule has 0 spiro atoms. The summed E-state index contributed by atoms with van der Waals surface area (Å²) in [5.41, 5.74) is 2.26. The van der Waals surface area contributed by atoms with Gasteiger partial charge in [0.15, 0.2) is 6.61 Å². The quantitative estimate of drug-likeness (QED) is 0.758. The molecule has 0 unspecified atom stereocenters. The summed E-state index contributed by atoms with van der Waals surface area (Å²) in [6.07, 6.45) is 0. The van der Waals surface area contributed by atoms with Crippen LogP contribution < -0.4 is 10.1 Å². The number of aryl methyl sites for hydroxylation is 1. The number of amides is 1. The summed E-state index contributed by atoms with van der Waals surface area (Å²) in [6, 6.07) is 13.2. The van der Waals surface area contributed by atoms with E-state index >= 15 is 0 Å². The molecule has 6 heteroatoms. The summed E-state index contributed by atoms with van der Waals surface area (Å²) < 4.78 is 5.45. The zero-order chi connectivity index (χ0) is 15.4. The van der Waals surface area contributed by atoms with Crippen molar-refractivity contribution >= 4 is 22.9 Å². The number of benzene rings is 1. The lowest BCUT2D eigenvalue weighted by Gasteiger charge is -2.08. The van der Waals surface area contributed by atoms with Crippen LogP contribution in [0.1, 0.15) is 5.69 Å². The first-order chi connectivity index (χ1) is 10.7. The predicted octanol–water partition coefficient (Wildman–Crippen LogP) is 3.46. The van der Waals surface area contributed by atoms with Crippen molar-refractivity contribution in [2.45, 2.75) is 6.92 Å². The van der Waals surface area contributed by atoms with E-state index < -0.39 is 0 Å². The smallest absolute Gasteiger partial charge is 0.262 e. The maximum Gasteiger partial charge on any atom is 0.262 e. The van der Waals surface area contributed by atoms with E-state index in [2.05, 4.69) is 15.5 Å². The molecule has 0 saturated heterocycles. The third kappa shape index (κ3) is 3.17. The molecule has 22 heavy (non-hydrogen) atoms. The van der Waals surface area contributed by atoms with Crippen LogP contribution in [0.25, 0.3) is 10.6 Å². The van der Waals surface area contributed by atoms with Gasteiger partial charge in [-0.3, -0.25) is 9.89 Å². The van der Waals surface area contributed by atoms with E-state index in [0.717, 1.165) is 16.3 Å². The number of carbonyl (C=O) groups is 1. The van der Waals surface area contributed by atoms with Crippen LogP contribution in [0.5, 0.6) is 5.75 Å². The van der Waals surface area contributed by atoms with Gasteiger partial charge in [0.05, 0.1) is 16.3 Å². The number of H-pyrrole nitrogens is 1. The zero-order valence-corrected chi connectivity index (χ0v) is 12.8. The lowest BCUT2D eigenvalue weighted by molar-refractivity contribution is -0.118. The van der Waals surface area contributed by atoms with Gasteiger partial charge in [-0.15, -0.1) is 11.3 Å². The Morgan fingerprint density at radius 1 is 1.27 bits per heavy atom. The first-order valence-electron chi connectivity index (χ1n) is 6.80. The Labute approximate surface area is 132 Å². The molecule has 1 aromatic carbocycles. The highest BCUT2D eigenvalue weighted by atomic mass is 32.1. The first kappa shape index (κ1) is 14.3. The van der Waals surface area contributed by atoms with Crippen LogP contribution in [-0.2, 0) is 4.79 Å². The van der Waals surface area contributed by atoms with Crippen molar-refractivity contribution in [3.63, 3.8) is 0 Å². The molecule has 0 aliphatic rings. The van der Waals surface area contributed by atoms with E-state index in [0.29, 0.717) is 11.4 Å². The topological polar surface area (TPSA) is 67.0 Å². The fourth-order valence-electron chi connectivity index (χ4n) is 2.01. The van der Waals surface area contributed by atoms with Crippen molar-refractivity contribution in [3.05, 3.63) is 53.5 Å². The molecule has 2 N–H and O–H groups in total. The van der Waals surface area contributed by atoms with Gasteiger partial charge in [-0.2, -0.15) is 5.10 Å². The van der Waals surface area contributed by atoms with Crippen LogP contribution in [0.15, 0.2) is 47.8 Å². The average molecular weight is 313 g/mol. The fraction of sp³-hybridized carbons (Fsp3) is 0.125. The van der Waals surface area contributed by atoms with Crippen LogP contribution >= 0.6 is 11.3 Å². The number of hydrogen-bond acceptors (Lipinski definition) is 4. The Kier molecular flexibility index (Phi) is 4.20. The molecular weight excluding hydrogens is 298 g/mol. The van der Waals surface area contributed by atoms with Crippen LogP contribution in [0.2, 0.25) is 0 Å². The Bertz CT molecular complexity index is 751. The molecule has 0 aliphatic carbocycles. The third-order valence-corrected chi connectivity index (χ3v) is 3.96. The molecule has 0 atom stereocenters. The molecule has 3 rings (SSSR count). The Morgan fingerprint density at radius 2 is 2.09 bits per heavy atom. The average Bonchev–Trinajstić information content (AvgIpc) is 3.17. The van der Waals surface area contributed by atoms with Crippen molar-refractivity contribution in [2.75, 3.05) is 11.9 Å². The van der Waals surface area contributed by atoms with E-state index in [9.17, 15) is 4.79 Å². The number of anilines is 1. The van der Waals surface area contributed by atoms with Gasteiger partial charge >= 0.3 is 0 Å². The monoisotopic (exact) mass is 313 g/mol. The van der Waals surface area contributed by atoms with E-state index in [1.807, 2.05) is 54.8 Å². The predicted molar refractivity (Wildman–Crippen MR) is 87.2 cm³/mol. The highest BCUT2D eigenvalue weighted by molar-refractivity contribution is 7.13. The normalized spacial score (nSPS) is 10.4. The number of nitrogens with one attached hydrogen (secondary N) is 2. The highest BCUT2D eigenvalue weighted by Crippen LogP contribution is 2.31. The maximum absolute atomic E-state index is 12.1. The molecule has 0 radical (unpaired) electrons. The number of rotatable bonds is 5. The van der Waals surface area contributed by atoms with Gasteiger partial charge in [-0.25, -0.2) is 0 Å². The van der Waals surface area contributed by atoms with Crippen LogP contribution in [0.3, 0.4) is 0 Å². The summed E-state index contributed by atoms with van der Waals surface area (Å²) in [5.74, 6) is 0.450. The lowest BCUT2D eigenvalue weighted by atomic mass is 10.2. The molecule has 2 heterocycles. The van der Waals surface area contributed by atoms with E-state index in [1.54, 1.807) is 11.3 Å². The second-order valence-corrected chi connectivity index (χ2v) is 5.65. The van der Waals surface area contributed by atoms with Gasteiger partial charge in [0.1, 0.15) is 11.4 Å². The van der Waals surface area contributed by atoms with Crippen molar-refractivity contribution < 1.29 is 9.53 Å². The van der Waals surface area contributed by atoms with E-state index in [4.69, 9.17) is 4.74 Å². The fourth-order valence-corrected chi connectivity index (χ4v) is 2.74. The molecule has 0 saturated carbocycles. The second kappa shape index (κ2) is 6.44. The number of hydrogen-bond donors (Lipinski definition) is 2. The second-order valence-electron chi connectivity index (χ2n) is 4.70. The van der Waals surface area contributed by atoms with Crippen LogP contribution in [0.4, 0.5) is 5.69 Å². The molecular formula is C16H15N3O2S. The van der Waals surface area contributed by atoms with Gasteiger partial charge in [0.25, 0.3) is 5.91 Å². The summed E-state index contributed by atoms with van der Waals surface area (Å²) in [7, 11) is 0. The number of aromatic nitrogens is 2. The lowest BCUT2D eigenvalue weighted by Crippen LogP contribution is -2.20. The van der Waals surface area contributed by atoms with Crippen molar-refractivity contribution in [1.29, 1.82) is 0 Å². The van der Waals surface area contributed by atoms with Gasteiger partial charge < -0.3 is 10.1 Å². The van der Waals surface area contributed by atoms with Gasteiger partial charge in [-0.05, 0) is 30.5 Å². The number of para-hydroxylation sites is 1. The SMILES string of the molecule is Cc1[nH]nc(-c2cccs2)c1NC(=O)COc1ccccc1. The number of aromatic amines is 1. The number of thiophene rings is 1. The molecule has 2 aromatic heterocycles. The summed E-state index contributed by atoms with van der Waals surface area (Å²) >= 11 is 1.58.